The van der Waals surface area contributed by atoms with Gasteiger partial charge in [-0.05, 0) is 62.2 Å². The summed E-state index contributed by atoms with van der Waals surface area (Å²) in [4.78, 5) is 18.5. The van der Waals surface area contributed by atoms with Crippen LogP contribution in [0.4, 0.5) is 18.9 Å². The Morgan fingerprint density at radius 3 is 2.00 bits per heavy atom. The number of carboxylic acid groups (broad SMARTS) is 1. The van der Waals surface area contributed by atoms with Gasteiger partial charge in [-0.25, -0.2) is 4.79 Å². The van der Waals surface area contributed by atoms with Gasteiger partial charge in [0, 0.05) is 77.2 Å². The summed E-state index contributed by atoms with van der Waals surface area (Å²) in [6.07, 6.45) is -2.16. The average molecular weight is 668 g/mol. The molecule has 0 aromatic heterocycles. The minimum absolute atomic E-state index is 0.261. The summed E-state index contributed by atoms with van der Waals surface area (Å²) in [7, 11) is 0. The van der Waals surface area contributed by atoms with Gasteiger partial charge in [0.05, 0.1) is 6.61 Å². The van der Waals surface area contributed by atoms with Gasteiger partial charge < -0.3 is 35.2 Å². The van der Waals surface area contributed by atoms with E-state index in [0.29, 0.717) is 19.2 Å². The molecule has 264 valence electrons. The lowest BCUT2D eigenvalue weighted by molar-refractivity contribution is -0.192. The quantitative estimate of drug-likeness (QED) is 0.199. The van der Waals surface area contributed by atoms with E-state index in [0.717, 1.165) is 84.2 Å². The first-order valence-electron chi connectivity index (χ1n) is 16.6. The summed E-state index contributed by atoms with van der Waals surface area (Å²) >= 11 is 0. The lowest BCUT2D eigenvalue weighted by atomic mass is 10.0. The zero-order valence-corrected chi connectivity index (χ0v) is 27.5. The van der Waals surface area contributed by atoms with E-state index in [9.17, 15) is 18.3 Å². The van der Waals surface area contributed by atoms with Crippen LogP contribution in [-0.2, 0) is 4.79 Å². The van der Waals surface area contributed by atoms with E-state index in [1.165, 1.54) is 24.1 Å². The molecule has 0 radical (unpaired) electrons. The van der Waals surface area contributed by atoms with Crippen molar-refractivity contribution < 1.29 is 38.0 Å². The average Bonchev–Trinajstić information content (AvgIpc) is 3.07. The van der Waals surface area contributed by atoms with Crippen LogP contribution in [0.3, 0.4) is 0 Å². The Bertz CT molecular complexity index is 1130. The van der Waals surface area contributed by atoms with Crippen molar-refractivity contribution in [3.05, 3.63) is 60.2 Å². The molecule has 13 heteroatoms. The third-order valence-corrected chi connectivity index (χ3v) is 8.51. The number of hydrogen-bond donors (Lipinski definition) is 4. The number of aliphatic hydroxyl groups excluding tert-OH is 2. The molecule has 2 aliphatic heterocycles. The minimum Gasteiger partial charge on any atom is -0.491 e. The Balaban J connectivity index is 0.000000771. The Hall–Kier alpha value is -2.94. The van der Waals surface area contributed by atoms with Gasteiger partial charge in [-0.15, -0.1) is 0 Å². The highest BCUT2D eigenvalue weighted by Crippen LogP contribution is 2.21. The fraction of sp³-hybridized carbons (Fsp3) is 0.618. The number of anilines is 1. The highest BCUT2D eigenvalue weighted by Gasteiger charge is 2.38. The summed E-state index contributed by atoms with van der Waals surface area (Å²) in [6.45, 7) is 14.7. The van der Waals surface area contributed by atoms with E-state index in [4.69, 9.17) is 19.7 Å². The van der Waals surface area contributed by atoms with Crippen LogP contribution in [0.2, 0.25) is 0 Å². The molecule has 2 fully saturated rings. The fourth-order valence-corrected chi connectivity index (χ4v) is 5.78. The van der Waals surface area contributed by atoms with Crippen molar-refractivity contribution in [3.63, 3.8) is 0 Å². The van der Waals surface area contributed by atoms with Gasteiger partial charge in [-0.3, -0.25) is 9.80 Å². The van der Waals surface area contributed by atoms with Crippen molar-refractivity contribution in [1.82, 2.24) is 20.0 Å². The second kappa shape index (κ2) is 20.4. The molecule has 47 heavy (non-hydrogen) atoms. The number of unbranched alkanes of at least 4 members (excludes halogenated alkanes) is 1. The molecule has 4 rings (SSSR count). The smallest absolute Gasteiger partial charge is 0.490 e. The number of hydrogen-bond acceptors (Lipinski definition) is 9. The van der Waals surface area contributed by atoms with Crippen molar-refractivity contribution in [2.45, 2.75) is 44.5 Å². The third-order valence-electron chi connectivity index (χ3n) is 8.51. The topological polar surface area (TPSA) is 112 Å². The molecule has 2 atom stereocenters. The van der Waals surface area contributed by atoms with Gasteiger partial charge in [0.15, 0.2) is 0 Å². The fourth-order valence-electron chi connectivity index (χ4n) is 5.78. The third kappa shape index (κ3) is 14.4. The second-order valence-corrected chi connectivity index (χ2v) is 12.0. The van der Waals surface area contributed by atoms with E-state index < -0.39 is 18.2 Å². The molecule has 4 N–H and O–H groups in total. The zero-order valence-electron chi connectivity index (χ0n) is 27.5. The number of alkyl halides is 3. The Morgan fingerprint density at radius 2 is 1.45 bits per heavy atom. The van der Waals surface area contributed by atoms with E-state index >= 15 is 0 Å². The standard InChI is InChI=1S/C32H51N5O3.C2HF3O2/c1-2-32(33-14-6-7-15-34-16-18-35(19-17-34)24-25-38)28-10-12-31(13-11-28)40-27-30(39)26-36-20-22-37(23-21-36)29-8-4-3-5-9-29;3-2(4,5)1(6)7/h3-5,8-13,30,32-33,38-39H,2,6-7,14-27H2,1H3;(H,6,7). The molecule has 2 saturated heterocycles. The van der Waals surface area contributed by atoms with Crippen LogP contribution in [0, 0.1) is 0 Å². The number of benzene rings is 2. The van der Waals surface area contributed by atoms with Crippen LogP contribution in [0.15, 0.2) is 54.6 Å². The Morgan fingerprint density at radius 1 is 0.872 bits per heavy atom. The molecule has 0 amide bonds. The first-order chi connectivity index (χ1) is 22.6. The lowest BCUT2D eigenvalue weighted by Crippen LogP contribution is -2.49. The normalized spacial score (nSPS) is 17.9. The summed E-state index contributed by atoms with van der Waals surface area (Å²) in [5.74, 6) is -1.95. The van der Waals surface area contributed by atoms with Crippen molar-refractivity contribution in [1.29, 1.82) is 0 Å². The molecule has 2 heterocycles. The number of para-hydroxylation sites is 1. The van der Waals surface area contributed by atoms with Crippen LogP contribution in [-0.4, -0.2) is 140 Å². The van der Waals surface area contributed by atoms with Crippen molar-refractivity contribution >= 4 is 11.7 Å². The van der Waals surface area contributed by atoms with Crippen molar-refractivity contribution in [3.8, 4) is 5.75 Å². The maximum Gasteiger partial charge on any atom is 0.490 e. The van der Waals surface area contributed by atoms with E-state index in [2.05, 4.69) is 74.3 Å². The largest absolute Gasteiger partial charge is 0.491 e. The summed E-state index contributed by atoms with van der Waals surface area (Å²) in [6, 6.07) is 19.2. The van der Waals surface area contributed by atoms with Gasteiger partial charge >= 0.3 is 12.1 Å². The van der Waals surface area contributed by atoms with E-state index in [1.54, 1.807) is 0 Å². The maximum absolute atomic E-state index is 10.6. The summed E-state index contributed by atoms with van der Waals surface area (Å²) in [5, 5.41) is 30.5. The van der Waals surface area contributed by atoms with Crippen LogP contribution in [0.1, 0.15) is 37.8 Å². The first-order valence-corrected chi connectivity index (χ1v) is 16.6. The van der Waals surface area contributed by atoms with Crippen molar-refractivity contribution in [2.75, 3.05) is 96.7 Å². The number of aliphatic hydroxyl groups is 2. The molecule has 0 saturated carbocycles. The predicted octanol–water partition coefficient (Wildman–Crippen LogP) is 3.31. The van der Waals surface area contributed by atoms with Gasteiger partial charge in [-0.2, -0.15) is 13.2 Å². The van der Waals surface area contributed by atoms with Gasteiger partial charge in [0.1, 0.15) is 18.5 Å². The number of ether oxygens (including phenoxy) is 1. The number of carboxylic acids is 1. The number of piperazine rings is 2. The second-order valence-electron chi connectivity index (χ2n) is 12.0. The molecule has 2 unspecified atom stereocenters. The van der Waals surface area contributed by atoms with Crippen LogP contribution >= 0.6 is 0 Å². The highest BCUT2D eigenvalue weighted by molar-refractivity contribution is 5.73. The zero-order chi connectivity index (χ0) is 34.1. The Kier molecular flexibility index (Phi) is 16.7. The molecule has 2 aromatic rings. The number of halogens is 3. The molecule has 2 aromatic carbocycles. The Labute approximate surface area is 276 Å². The monoisotopic (exact) mass is 667 g/mol. The SMILES string of the molecule is CCC(NCCCCN1CCN(CCO)CC1)c1ccc(OCC(O)CN2CCN(c3ccccc3)CC2)cc1.O=C(O)C(F)(F)F. The minimum atomic E-state index is -5.08. The number of aliphatic carboxylic acids is 1. The highest BCUT2D eigenvalue weighted by atomic mass is 19.4. The number of nitrogens with zero attached hydrogens (tertiary/aromatic N) is 4. The van der Waals surface area contributed by atoms with Gasteiger partial charge in [0.2, 0.25) is 0 Å². The van der Waals surface area contributed by atoms with Gasteiger partial charge in [-0.1, -0.05) is 37.3 Å². The lowest BCUT2D eigenvalue weighted by Gasteiger charge is -2.36. The molecular weight excluding hydrogens is 615 g/mol. The summed E-state index contributed by atoms with van der Waals surface area (Å²) in [5.41, 5.74) is 2.56. The van der Waals surface area contributed by atoms with E-state index in [1.807, 2.05) is 12.1 Å². The van der Waals surface area contributed by atoms with E-state index in [-0.39, 0.29) is 6.61 Å². The summed E-state index contributed by atoms with van der Waals surface area (Å²) < 4.78 is 37.7. The number of nitrogens with one attached hydrogen (secondary N) is 1. The molecular formula is C34H52F3N5O5. The van der Waals surface area contributed by atoms with Crippen LogP contribution in [0.5, 0.6) is 5.75 Å². The number of β-amino-alcohol motifs (C(OH)–C–C–N with tert-alkyl or cyclic N) is 2. The molecule has 10 nitrogen and oxygen atoms in total. The molecule has 0 aliphatic carbocycles. The van der Waals surface area contributed by atoms with Crippen molar-refractivity contribution in [2.24, 2.45) is 0 Å². The number of rotatable bonds is 16. The molecule has 0 bridgehead atoms. The van der Waals surface area contributed by atoms with Gasteiger partial charge in [0.25, 0.3) is 0 Å². The molecule has 0 spiro atoms. The van der Waals surface area contributed by atoms with Crippen LogP contribution in [0.25, 0.3) is 0 Å². The number of carbonyl (C=O) groups is 1. The predicted molar refractivity (Wildman–Crippen MR) is 177 cm³/mol. The first kappa shape index (κ1) is 38.5. The maximum atomic E-state index is 10.6. The van der Waals surface area contributed by atoms with Crippen LogP contribution < -0.4 is 15.0 Å². The molecule has 2 aliphatic rings.